The Kier molecular flexibility index (Phi) is 5.16. The van der Waals surface area contributed by atoms with E-state index in [-0.39, 0.29) is 22.9 Å². The summed E-state index contributed by atoms with van der Waals surface area (Å²) in [7, 11) is 0. The Labute approximate surface area is 191 Å². The van der Waals surface area contributed by atoms with Gasteiger partial charge < -0.3 is 5.11 Å². The van der Waals surface area contributed by atoms with Gasteiger partial charge in [-0.1, -0.05) is 48.9 Å². The van der Waals surface area contributed by atoms with Crippen LogP contribution in [-0.2, 0) is 4.79 Å². The van der Waals surface area contributed by atoms with E-state index in [0.717, 1.165) is 44.1 Å². The second-order valence-electron chi connectivity index (χ2n) is 10.6. The van der Waals surface area contributed by atoms with Crippen molar-refractivity contribution < 1.29 is 14.7 Å². The normalized spacial score (nSPS) is 36.6. The van der Waals surface area contributed by atoms with E-state index in [2.05, 4.69) is 19.1 Å². The number of hydrogen-bond acceptors (Lipinski definition) is 3. The minimum Gasteiger partial charge on any atom is -0.385 e. The Bertz CT molecular complexity index is 1060. The van der Waals surface area contributed by atoms with Crippen molar-refractivity contribution in [2.24, 2.45) is 17.3 Å². The van der Waals surface area contributed by atoms with Crippen molar-refractivity contribution in [1.82, 2.24) is 0 Å². The van der Waals surface area contributed by atoms with Crippen LogP contribution in [0.4, 0.5) is 0 Å². The summed E-state index contributed by atoms with van der Waals surface area (Å²) in [5.74, 6) is 1.46. The minimum absolute atomic E-state index is 0.0825. The number of benzene rings is 1. The molecule has 0 amide bonds. The van der Waals surface area contributed by atoms with Crippen molar-refractivity contribution in [2.45, 2.75) is 77.2 Å². The van der Waals surface area contributed by atoms with Gasteiger partial charge >= 0.3 is 0 Å². The second kappa shape index (κ2) is 7.66. The Morgan fingerprint density at radius 3 is 2.56 bits per heavy atom. The molecule has 0 saturated heterocycles. The molecule has 0 bridgehead atoms. The van der Waals surface area contributed by atoms with Crippen LogP contribution in [0.1, 0.15) is 87.6 Å². The van der Waals surface area contributed by atoms with E-state index in [9.17, 15) is 14.7 Å². The molecule has 168 valence electrons. The molecule has 0 spiro atoms. The van der Waals surface area contributed by atoms with Gasteiger partial charge in [0.15, 0.2) is 11.6 Å². The van der Waals surface area contributed by atoms with Gasteiger partial charge in [0.2, 0.25) is 0 Å². The molecule has 32 heavy (non-hydrogen) atoms. The molecule has 4 aliphatic carbocycles. The first-order chi connectivity index (χ1) is 15.3. The first kappa shape index (κ1) is 21.6. The second-order valence-corrected chi connectivity index (χ2v) is 10.6. The standard InChI is InChI=1S/C29H34O3/c1-4-14-29(32)15-13-26-24-11-9-21-16-22(31)10-12-23(21)27(24)25(17-28(26,29)3)20-7-5-19(6-8-20)18(2)30/h4-8,14,16,24-26,32H,9-13,15,17H2,1-3H3/b14-4-/t24-,25+,26-,28-,29-/m0/s1. The summed E-state index contributed by atoms with van der Waals surface area (Å²) < 4.78 is 0. The zero-order chi connectivity index (χ0) is 22.7. The number of fused-ring (bicyclic) bond motifs is 4. The first-order valence-electron chi connectivity index (χ1n) is 12.2. The molecule has 5 atom stereocenters. The maximum Gasteiger partial charge on any atom is 0.159 e. The fraction of sp³-hybridized carbons (Fsp3) is 0.517. The highest BCUT2D eigenvalue weighted by Gasteiger charge is 2.61. The zero-order valence-electron chi connectivity index (χ0n) is 19.5. The van der Waals surface area contributed by atoms with Crippen molar-refractivity contribution in [3.63, 3.8) is 0 Å². The Hall–Kier alpha value is -2.26. The van der Waals surface area contributed by atoms with Gasteiger partial charge in [0.05, 0.1) is 5.60 Å². The fourth-order valence-corrected chi connectivity index (χ4v) is 7.50. The monoisotopic (exact) mass is 430 g/mol. The third-order valence-corrected chi connectivity index (χ3v) is 9.11. The van der Waals surface area contributed by atoms with Crippen molar-refractivity contribution in [1.29, 1.82) is 0 Å². The van der Waals surface area contributed by atoms with E-state index in [4.69, 9.17) is 0 Å². The molecule has 4 aliphatic rings. The van der Waals surface area contributed by atoms with Crippen LogP contribution in [0.25, 0.3) is 0 Å². The lowest BCUT2D eigenvalue weighted by Gasteiger charge is -2.54. The lowest BCUT2D eigenvalue weighted by atomic mass is 9.51. The lowest BCUT2D eigenvalue weighted by Crippen LogP contribution is -2.50. The van der Waals surface area contributed by atoms with Gasteiger partial charge in [0, 0.05) is 23.3 Å². The third-order valence-electron chi connectivity index (χ3n) is 9.11. The SMILES string of the molecule is C/C=C\[C@]1(O)CC[C@H]2[C@@H]3CCC4=CC(=O)CCC4=C3[C@@H](c3ccc(C(C)=O)cc3)C[C@@]21C. The van der Waals surface area contributed by atoms with Crippen LogP contribution < -0.4 is 0 Å². The number of Topliss-reactive ketones (excluding diaryl/α,β-unsaturated/α-hetero) is 1. The minimum atomic E-state index is -0.779. The predicted molar refractivity (Wildman–Crippen MR) is 126 cm³/mol. The number of allylic oxidation sites excluding steroid dienone is 5. The molecular formula is C29H34O3. The summed E-state index contributed by atoms with van der Waals surface area (Å²) in [5.41, 5.74) is 5.20. The van der Waals surface area contributed by atoms with Crippen molar-refractivity contribution in [3.05, 3.63) is 70.3 Å². The van der Waals surface area contributed by atoms with Gasteiger partial charge in [-0.2, -0.15) is 0 Å². The highest BCUT2D eigenvalue weighted by molar-refractivity contribution is 5.94. The maximum atomic E-state index is 12.1. The van der Waals surface area contributed by atoms with E-state index in [1.807, 2.05) is 37.3 Å². The highest BCUT2D eigenvalue weighted by Crippen LogP contribution is 2.67. The van der Waals surface area contributed by atoms with Crippen molar-refractivity contribution in [2.75, 3.05) is 0 Å². The predicted octanol–water partition coefficient (Wildman–Crippen LogP) is 6.10. The van der Waals surface area contributed by atoms with Crippen LogP contribution in [0.2, 0.25) is 0 Å². The van der Waals surface area contributed by atoms with Gasteiger partial charge in [0.1, 0.15) is 0 Å². The number of aliphatic hydroxyl groups is 1. The third kappa shape index (κ3) is 3.12. The number of carbonyl (C=O) groups is 2. The molecular weight excluding hydrogens is 396 g/mol. The smallest absolute Gasteiger partial charge is 0.159 e. The van der Waals surface area contributed by atoms with Crippen LogP contribution in [0.15, 0.2) is 59.2 Å². The average molecular weight is 431 g/mol. The van der Waals surface area contributed by atoms with E-state index >= 15 is 0 Å². The summed E-state index contributed by atoms with van der Waals surface area (Å²) in [5, 5.41) is 11.8. The molecule has 3 nitrogen and oxygen atoms in total. The van der Waals surface area contributed by atoms with Crippen LogP contribution in [0.3, 0.4) is 0 Å². The van der Waals surface area contributed by atoms with Gasteiger partial charge in [-0.05, 0) is 87.0 Å². The molecule has 0 heterocycles. The van der Waals surface area contributed by atoms with Crippen LogP contribution in [-0.4, -0.2) is 22.3 Å². The summed E-state index contributed by atoms with van der Waals surface area (Å²) in [6, 6.07) is 8.13. The van der Waals surface area contributed by atoms with Crippen molar-refractivity contribution >= 4 is 11.6 Å². The van der Waals surface area contributed by atoms with Crippen molar-refractivity contribution in [3.8, 4) is 0 Å². The molecule has 0 aromatic heterocycles. The molecule has 2 fully saturated rings. The molecule has 2 saturated carbocycles. The highest BCUT2D eigenvalue weighted by atomic mass is 16.3. The summed E-state index contributed by atoms with van der Waals surface area (Å²) >= 11 is 0. The summed E-state index contributed by atoms with van der Waals surface area (Å²) in [4.78, 5) is 24.0. The quantitative estimate of drug-likeness (QED) is 0.466. The van der Waals surface area contributed by atoms with E-state index < -0.39 is 5.60 Å². The van der Waals surface area contributed by atoms with Gasteiger partial charge in [-0.15, -0.1) is 0 Å². The van der Waals surface area contributed by atoms with E-state index in [1.54, 1.807) is 6.92 Å². The number of carbonyl (C=O) groups excluding carboxylic acids is 2. The molecule has 1 aromatic carbocycles. The molecule has 1 N–H and O–H groups in total. The number of ketones is 2. The number of hydrogen-bond donors (Lipinski definition) is 1. The fourth-order valence-electron chi connectivity index (χ4n) is 7.50. The number of rotatable bonds is 3. The molecule has 0 aliphatic heterocycles. The van der Waals surface area contributed by atoms with Gasteiger partial charge in [-0.3, -0.25) is 9.59 Å². The largest absolute Gasteiger partial charge is 0.385 e. The molecule has 5 rings (SSSR count). The Balaban J connectivity index is 1.67. The van der Waals surface area contributed by atoms with Gasteiger partial charge in [-0.25, -0.2) is 0 Å². The van der Waals surface area contributed by atoms with Crippen LogP contribution >= 0.6 is 0 Å². The molecule has 0 radical (unpaired) electrons. The first-order valence-corrected chi connectivity index (χ1v) is 12.2. The van der Waals surface area contributed by atoms with E-state index in [0.29, 0.717) is 18.3 Å². The Morgan fingerprint density at radius 2 is 1.88 bits per heavy atom. The molecule has 0 unspecified atom stereocenters. The van der Waals surface area contributed by atoms with Crippen LogP contribution in [0, 0.1) is 17.3 Å². The average Bonchev–Trinajstić information content (AvgIpc) is 3.03. The molecule has 3 heteroatoms. The topological polar surface area (TPSA) is 54.4 Å². The van der Waals surface area contributed by atoms with E-state index in [1.165, 1.54) is 22.3 Å². The summed E-state index contributed by atoms with van der Waals surface area (Å²) in [6.07, 6.45) is 12.2. The Morgan fingerprint density at radius 1 is 1.12 bits per heavy atom. The van der Waals surface area contributed by atoms with Gasteiger partial charge in [0.25, 0.3) is 0 Å². The lowest BCUT2D eigenvalue weighted by molar-refractivity contribution is -0.114. The zero-order valence-corrected chi connectivity index (χ0v) is 19.5. The maximum absolute atomic E-state index is 12.1. The van der Waals surface area contributed by atoms with Crippen LogP contribution in [0.5, 0.6) is 0 Å². The molecule has 1 aromatic rings. The summed E-state index contributed by atoms with van der Waals surface area (Å²) in [6.45, 7) is 5.91.